The van der Waals surface area contributed by atoms with Gasteiger partial charge in [0, 0.05) is 23.3 Å². The first kappa shape index (κ1) is 12.4. The summed E-state index contributed by atoms with van der Waals surface area (Å²) in [5.41, 5.74) is 2.03. The van der Waals surface area contributed by atoms with Crippen molar-refractivity contribution in [1.82, 2.24) is 5.32 Å². The van der Waals surface area contributed by atoms with Crippen LogP contribution >= 0.6 is 0 Å². The van der Waals surface area contributed by atoms with Crippen molar-refractivity contribution < 1.29 is 5.11 Å². The average Bonchev–Trinajstić information content (AvgIpc) is 2.82. The van der Waals surface area contributed by atoms with Gasteiger partial charge in [-0.15, -0.1) is 0 Å². The van der Waals surface area contributed by atoms with Gasteiger partial charge in [0.15, 0.2) is 0 Å². The zero-order valence-corrected chi connectivity index (χ0v) is 10.4. The fourth-order valence-electron chi connectivity index (χ4n) is 2.51. The fourth-order valence-corrected chi connectivity index (χ4v) is 2.51. The van der Waals surface area contributed by atoms with Crippen molar-refractivity contribution >= 4 is 5.69 Å². The van der Waals surface area contributed by atoms with Crippen molar-refractivity contribution in [3.05, 3.63) is 29.8 Å². The molecule has 0 aliphatic carbocycles. The van der Waals surface area contributed by atoms with Crippen LogP contribution in [-0.4, -0.2) is 23.7 Å². The third-order valence-corrected chi connectivity index (χ3v) is 3.39. The van der Waals surface area contributed by atoms with E-state index in [9.17, 15) is 5.11 Å². The van der Waals surface area contributed by atoms with Crippen LogP contribution < -0.4 is 10.6 Å². The number of rotatable bonds is 5. The first-order valence-corrected chi connectivity index (χ1v) is 6.48. The van der Waals surface area contributed by atoms with Gasteiger partial charge in [0.05, 0.1) is 6.61 Å². The summed E-state index contributed by atoms with van der Waals surface area (Å²) < 4.78 is 0. The van der Waals surface area contributed by atoms with Gasteiger partial charge >= 0.3 is 0 Å². The van der Waals surface area contributed by atoms with E-state index in [0.29, 0.717) is 12.1 Å². The molecule has 17 heavy (non-hydrogen) atoms. The molecule has 1 aromatic carbocycles. The van der Waals surface area contributed by atoms with Crippen LogP contribution in [0.15, 0.2) is 24.3 Å². The third-order valence-electron chi connectivity index (χ3n) is 3.39. The zero-order chi connectivity index (χ0) is 12.1. The molecule has 0 saturated carbocycles. The van der Waals surface area contributed by atoms with Gasteiger partial charge in [-0.2, -0.15) is 0 Å². The van der Waals surface area contributed by atoms with Crippen molar-refractivity contribution in [2.75, 3.05) is 11.9 Å². The highest BCUT2D eigenvalue weighted by atomic mass is 16.3. The van der Waals surface area contributed by atoms with Crippen LogP contribution in [0.5, 0.6) is 0 Å². The minimum Gasteiger partial charge on any atom is -0.392 e. The van der Waals surface area contributed by atoms with Crippen LogP contribution in [0, 0.1) is 0 Å². The summed E-state index contributed by atoms with van der Waals surface area (Å²) >= 11 is 0. The van der Waals surface area contributed by atoms with Crippen molar-refractivity contribution in [3.63, 3.8) is 0 Å². The fraction of sp³-hybridized carbons (Fsp3) is 0.571. The highest BCUT2D eigenvalue weighted by Crippen LogP contribution is 2.18. The van der Waals surface area contributed by atoms with E-state index in [1.165, 1.54) is 12.8 Å². The summed E-state index contributed by atoms with van der Waals surface area (Å²) in [5, 5.41) is 16.3. The summed E-state index contributed by atoms with van der Waals surface area (Å²) in [6.45, 7) is 3.45. The van der Waals surface area contributed by atoms with E-state index in [2.05, 4.69) is 17.6 Å². The normalized spacial score (nSPS) is 21.4. The van der Waals surface area contributed by atoms with Crippen molar-refractivity contribution in [2.45, 2.75) is 44.9 Å². The van der Waals surface area contributed by atoms with Crippen LogP contribution in [-0.2, 0) is 6.61 Å². The van der Waals surface area contributed by atoms with Gasteiger partial charge in [0.2, 0.25) is 0 Å². The molecule has 3 heteroatoms. The smallest absolute Gasteiger partial charge is 0.0701 e. The molecular formula is C14H22N2O. The molecule has 2 unspecified atom stereocenters. The molecule has 0 aromatic heterocycles. The van der Waals surface area contributed by atoms with E-state index in [-0.39, 0.29) is 6.61 Å². The van der Waals surface area contributed by atoms with Gasteiger partial charge in [-0.25, -0.2) is 0 Å². The van der Waals surface area contributed by atoms with Crippen molar-refractivity contribution in [1.29, 1.82) is 0 Å². The van der Waals surface area contributed by atoms with Crippen molar-refractivity contribution in [2.24, 2.45) is 0 Å². The van der Waals surface area contributed by atoms with E-state index in [1.807, 2.05) is 24.3 Å². The molecule has 3 nitrogen and oxygen atoms in total. The first-order chi connectivity index (χ1) is 8.29. The largest absolute Gasteiger partial charge is 0.392 e. The quantitative estimate of drug-likeness (QED) is 0.731. The Bertz CT molecular complexity index is 348. The number of para-hydroxylation sites is 1. The molecule has 1 aliphatic heterocycles. The Hall–Kier alpha value is -1.06. The first-order valence-electron chi connectivity index (χ1n) is 6.48. The van der Waals surface area contributed by atoms with Crippen LogP contribution in [0.2, 0.25) is 0 Å². The van der Waals surface area contributed by atoms with Gasteiger partial charge in [-0.1, -0.05) is 18.2 Å². The molecule has 3 N–H and O–H groups in total. The molecule has 1 heterocycles. The topological polar surface area (TPSA) is 44.3 Å². The third kappa shape index (κ3) is 3.45. The molecule has 0 bridgehead atoms. The molecule has 94 valence electrons. The minimum atomic E-state index is 0.0948. The highest BCUT2D eigenvalue weighted by molar-refractivity contribution is 5.51. The van der Waals surface area contributed by atoms with E-state index in [4.69, 9.17) is 0 Å². The van der Waals surface area contributed by atoms with E-state index in [0.717, 1.165) is 24.2 Å². The number of benzene rings is 1. The molecule has 1 aromatic rings. The Labute approximate surface area is 103 Å². The lowest BCUT2D eigenvalue weighted by Crippen LogP contribution is -2.29. The molecule has 0 amide bonds. The second-order valence-corrected chi connectivity index (χ2v) is 4.89. The Morgan fingerprint density at radius 3 is 3.00 bits per heavy atom. The number of anilines is 1. The molecule has 1 saturated heterocycles. The average molecular weight is 234 g/mol. The standard InChI is InChI=1S/C14H22N2O/c1-11(9-13-6-4-8-15-13)16-14-7-3-2-5-12(14)10-17/h2-3,5,7,11,13,15-17H,4,6,8-10H2,1H3. The second-order valence-electron chi connectivity index (χ2n) is 4.89. The number of aliphatic hydroxyl groups is 1. The van der Waals surface area contributed by atoms with Gasteiger partial charge < -0.3 is 15.7 Å². The molecule has 0 radical (unpaired) electrons. The second kappa shape index (κ2) is 6.03. The molecular weight excluding hydrogens is 212 g/mol. The van der Waals surface area contributed by atoms with Crippen LogP contribution in [0.25, 0.3) is 0 Å². The van der Waals surface area contributed by atoms with Crippen LogP contribution in [0.3, 0.4) is 0 Å². The Morgan fingerprint density at radius 2 is 2.29 bits per heavy atom. The van der Waals surface area contributed by atoms with Crippen molar-refractivity contribution in [3.8, 4) is 0 Å². The Morgan fingerprint density at radius 1 is 1.47 bits per heavy atom. The molecule has 0 spiro atoms. The predicted octanol–water partition coefficient (Wildman–Crippen LogP) is 2.12. The van der Waals surface area contributed by atoms with Gasteiger partial charge in [-0.3, -0.25) is 0 Å². The molecule has 1 aliphatic rings. The lowest BCUT2D eigenvalue weighted by Gasteiger charge is -2.20. The predicted molar refractivity (Wildman–Crippen MR) is 71.1 cm³/mol. The van der Waals surface area contributed by atoms with Gasteiger partial charge in [-0.05, 0) is 38.8 Å². The van der Waals surface area contributed by atoms with E-state index < -0.39 is 0 Å². The molecule has 1 fully saturated rings. The summed E-state index contributed by atoms with van der Waals surface area (Å²) in [7, 11) is 0. The number of hydrogen-bond acceptors (Lipinski definition) is 3. The summed E-state index contributed by atoms with van der Waals surface area (Å²) in [5.74, 6) is 0. The monoisotopic (exact) mass is 234 g/mol. The maximum absolute atomic E-state index is 9.26. The molecule has 2 atom stereocenters. The van der Waals surface area contributed by atoms with Crippen LogP contribution in [0.4, 0.5) is 5.69 Å². The lowest BCUT2D eigenvalue weighted by molar-refractivity contribution is 0.282. The number of aliphatic hydroxyl groups excluding tert-OH is 1. The Kier molecular flexibility index (Phi) is 4.40. The van der Waals surface area contributed by atoms with E-state index in [1.54, 1.807) is 0 Å². The highest BCUT2D eigenvalue weighted by Gasteiger charge is 2.17. The maximum atomic E-state index is 9.26. The number of hydrogen-bond donors (Lipinski definition) is 3. The summed E-state index contributed by atoms with van der Waals surface area (Å²) in [6, 6.07) is 9.03. The Balaban J connectivity index is 1.90. The number of nitrogens with one attached hydrogen (secondary N) is 2. The summed E-state index contributed by atoms with van der Waals surface area (Å²) in [6.07, 6.45) is 3.72. The minimum absolute atomic E-state index is 0.0948. The van der Waals surface area contributed by atoms with Gasteiger partial charge in [0.25, 0.3) is 0 Å². The maximum Gasteiger partial charge on any atom is 0.0701 e. The SMILES string of the molecule is CC(CC1CCCN1)Nc1ccccc1CO. The van der Waals surface area contributed by atoms with Crippen LogP contribution in [0.1, 0.15) is 31.7 Å². The lowest BCUT2D eigenvalue weighted by atomic mass is 10.1. The van der Waals surface area contributed by atoms with Gasteiger partial charge in [0.1, 0.15) is 0 Å². The zero-order valence-electron chi connectivity index (χ0n) is 10.4. The molecule has 2 rings (SSSR count). The summed E-state index contributed by atoms with van der Waals surface area (Å²) in [4.78, 5) is 0. The van der Waals surface area contributed by atoms with E-state index >= 15 is 0 Å².